The van der Waals surface area contributed by atoms with Gasteiger partial charge in [-0.05, 0) is 18.6 Å². The van der Waals surface area contributed by atoms with Crippen LogP contribution in [0.3, 0.4) is 0 Å². The second kappa shape index (κ2) is 4.40. The number of aromatic nitrogens is 4. The Morgan fingerprint density at radius 2 is 2.27 bits per heavy atom. The number of aryl methyl sites for hydroxylation is 1. The van der Waals surface area contributed by atoms with Crippen LogP contribution in [0.15, 0.2) is 24.7 Å². The van der Waals surface area contributed by atoms with E-state index in [0.29, 0.717) is 5.02 Å². The Kier molecular flexibility index (Phi) is 2.97. The zero-order valence-electron chi connectivity index (χ0n) is 8.39. The Morgan fingerprint density at radius 1 is 1.40 bits per heavy atom. The van der Waals surface area contributed by atoms with Gasteiger partial charge in [0.1, 0.15) is 12.0 Å². The van der Waals surface area contributed by atoms with Gasteiger partial charge in [-0.3, -0.25) is 4.98 Å². The fourth-order valence-electron chi connectivity index (χ4n) is 1.37. The Bertz CT molecular complexity index is 435. The van der Waals surface area contributed by atoms with Crippen molar-refractivity contribution in [3.8, 4) is 11.5 Å². The smallest absolute Gasteiger partial charge is 0.182 e. The van der Waals surface area contributed by atoms with Crippen LogP contribution in [-0.4, -0.2) is 19.7 Å². The van der Waals surface area contributed by atoms with Crippen LogP contribution in [-0.2, 0) is 6.54 Å². The zero-order chi connectivity index (χ0) is 10.7. The molecule has 4 nitrogen and oxygen atoms in total. The third-order valence-corrected chi connectivity index (χ3v) is 2.26. The lowest BCUT2D eigenvalue weighted by Gasteiger charge is -2.03. The van der Waals surface area contributed by atoms with Gasteiger partial charge in [0.25, 0.3) is 0 Å². The summed E-state index contributed by atoms with van der Waals surface area (Å²) in [4.78, 5) is 4.21. The van der Waals surface area contributed by atoms with Crippen molar-refractivity contribution < 1.29 is 0 Å². The lowest BCUT2D eigenvalue weighted by atomic mass is 10.3. The first-order chi connectivity index (χ1) is 7.31. The van der Waals surface area contributed by atoms with E-state index < -0.39 is 0 Å². The molecule has 0 bridgehead atoms. The average Bonchev–Trinajstić information content (AvgIpc) is 2.68. The third kappa shape index (κ3) is 2.15. The molecule has 78 valence electrons. The third-order valence-electron chi connectivity index (χ3n) is 2.04. The molecule has 0 saturated heterocycles. The first-order valence-electron chi connectivity index (χ1n) is 4.81. The van der Waals surface area contributed by atoms with E-state index in [1.165, 1.54) is 0 Å². The summed E-state index contributed by atoms with van der Waals surface area (Å²) in [6.07, 6.45) is 4.37. The highest BCUT2D eigenvalue weighted by atomic mass is 35.5. The molecular formula is C10H11ClN4. The number of rotatable bonds is 3. The molecular weight excluding hydrogens is 212 g/mol. The molecule has 15 heavy (non-hydrogen) atoms. The maximum absolute atomic E-state index is 5.77. The van der Waals surface area contributed by atoms with Crippen LogP contribution >= 0.6 is 11.6 Å². The molecule has 0 spiro atoms. The van der Waals surface area contributed by atoms with Crippen molar-refractivity contribution >= 4 is 11.6 Å². The van der Waals surface area contributed by atoms with Gasteiger partial charge in [-0.2, -0.15) is 0 Å². The van der Waals surface area contributed by atoms with Gasteiger partial charge in [0.05, 0.1) is 5.02 Å². The van der Waals surface area contributed by atoms with E-state index in [2.05, 4.69) is 22.1 Å². The minimum absolute atomic E-state index is 0.625. The van der Waals surface area contributed by atoms with Crippen LogP contribution < -0.4 is 0 Å². The van der Waals surface area contributed by atoms with Crippen LogP contribution in [0.2, 0.25) is 5.02 Å². The van der Waals surface area contributed by atoms with Crippen LogP contribution in [0.4, 0.5) is 0 Å². The molecule has 0 unspecified atom stereocenters. The Labute approximate surface area is 92.9 Å². The first kappa shape index (κ1) is 10.1. The summed E-state index contributed by atoms with van der Waals surface area (Å²) in [7, 11) is 0. The largest absolute Gasteiger partial charge is 0.312 e. The monoisotopic (exact) mass is 222 g/mol. The minimum Gasteiger partial charge on any atom is -0.312 e. The summed E-state index contributed by atoms with van der Waals surface area (Å²) in [5.41, 5.74) is 0.797. The summed E-state index contributed by atoms with van der Waals surface area (Å²) in [5, 5.41) is 8.55. The van der Waals surface area contributed by atoms with Gasteiger partial charge in [0, 0.05) is 12.7 Å². The van der Waals surface area contributed by atoms with Gasteiger partial charge < -0.3 is 4.57 Å². The van der Waals surface area contributed by atoms with Crippen molar-refractivity contribution in [1.82, 2.24) is 19.7 Å². The minimum atomic E-state index is 0.625. The summed E-state index contributed by atoms with van der Waals surface area (Å²) in [5.74, 6) is 0.786. The van der Waals surface area contributed by atoms with E-state index in [4.69, 9.17) is 11.6 Å². The quantitative estimate of drug-likeness (QED) is 0.801. The van der Waals surface area contributed by atoms with E-state index in [9.17, 15) is 0 Å². The summed E-state index contributed by atoms with van der Waals surface area (Å²) < 4.78 is 1.98. The highest BCUT2D eigenvalue weighted by molar-refractivity contribution is 6.30. The van der Waals surface area contributed by atoms with Crippen molar-refractivity contribution in [3.05, 3.63) is 29.7 Å². The normalized spacial score (nSPS) is 10.5. The highest BCUT2D eigenvalue weighted by Gasteiger charge is 2.07. The van der Waals surface area contributed by atoms with Gasteiger partial charge >= 0.3 is 0 Å². The van der Waals surface area contributed by atoms with Gasteiger partial charge in [-0.25, -0.2) is 0 Å². The Hall–Kier alpha value is -1.42. The van der Waals surface area contributed by atoms with E-state index >= 15 is 0 Å². The molecule has 5 heteroatoms. The number of hydrogen-bond acceptors (Lipinski definition) is 3. The molecule has 0 N–H and O–H groups in total. The van der Waals surface area contributed by atoms with Crippen LogP contribution in [0.25, 0.3) is 11.5 Å². The van der Waals surface area contributed by atoms with Crippen LogP contribution in [0.5, 0.6) is 0 Å². The van der Waals surface area contributed by atoms with Crippen molar-refractivity contribution in [2.75, 3.05) is 0 Å². The second-order valence-corrected chi connectivity index (χ2v) is 3.65. The lowest BCUT2D eigenvalue weighted by Crippen LogP contribution is -1.99. The van der Waals surface area contributed by atoms with E-state index in [1.807, 2.05) is 10.6 Å². The molecule has 0 radical (unpaired) electrons. The summed E-state index contributed by atoms with van der Waals surface area (Å²) in [6, 6.07) is 3.65. The van der Waals surface area contributed by atoms with E-state index in [-0.39, 0.29) is 0 Å². The topological polar surface area (TPSA) is 43.6 Å². The average molecular weight is 223 g/mol. The Balaban J connectivity index is 2.36. The van der Waals surface area contributed by atoms with Gasteiger partial charge in [0.15, 0.2) is 5.82 Å². The van der Waals surface area contributed by atoms with Crippen LogP contribution in [0.1, 0.15) is 13.3 Å². The molecule has 0 aromatic carbocycles. The Morgan fingerprint density at radius 3 is 2.93 bits per heavy atom. The van der Waals surface area contributed by atoms with Gasteiger partial charge in [0.2, 0.25) is 0 Å². The molecule has 0 aliphatic heterocycles. The van der Waals surface area contributed by atoms with Crippen molar-refractivity contribution in [1.29, 1.82) is 0 Å². The number of halogens is 1. The second-order valence-electron chi connectivity index (χ2n) is 3.21. The van der Waals surface area contributed by atoms with Gasteiger partial charge in [-0.15, -0.1) is 10.2 Å². The molecule has 0 aliphatic rings. The molecule has 2 rings (SSSR count). The molecule has 2 aromatic heterocycles. The number of pyridine rings is 1. The number of nitrogens with zero attached hydrogens (tertiary/aromatic N) is 4. The maximum atomic E-state index is 5.77. The highest BCUT2D eigenvalue weighted by Crippen LogP contribution is 2.16. The SMILES string of the molecule is CCCn1cnnc1-c1ccc(Cl)cn1. The molecule has 0 amide bonds. The van der Waals surface area contributed by atoms with Gasteiger partial charge in [-0.1, -0.05) is 18.5 Å². The molecule has 2 aromatic rings. The zero-order valence-corrected chi connectivity index (χ0v) is 9.15. The predicted molar refractivity (Wildman–Crippen MR) is 58.6 cm³/mol. The molecule has 2 heterocycles. The standard InChI is InChI=1S/C10H11ClN4/c1-2-5-15-7-13-14-10(15)9-4-3-8(11)6-12-9/h3-4,6-7H,2,5H2,1H3. The van der Waals surface area contributed by atoms with Crippen LogP contribution in [0, 0.1) is 0 Å². The predicted octanol–water partition coefficient (Wildman–Crippen LogP) is 2.40. The fourth-order valence-corrected chi connectivity index (χ4v) is 1.48. The van der Waals surface area contributed by atoms with Crippen molar-refractivity contribution in [3.63, 3.8) is 0 Å². The fraction of sp³-hybridized carbons (Fsp3) is 0.300. The molecule has 0 aliphatic carbocycles. The molecule has 0 saturated carbocycles. The summed E-state index contributed by atoms with van der Waals surface area (Å²) >= 11 is 5.77. The van der Waals surface area contributed by atoms with E-state index in [1.54, 1.807) is 18.6 Å². The van der Waals surface area contributed by atoms with E-state index in [0.717, 1.165) is 24.5 Å². The number of hydrogen-bond donors (Lipinski definition) is 0. The maximum Gasteiger partial charge on any atom is 0.182 e. The first-order valence-corrected chi connectivity index (χ1v) is 5.19. The molecule has 0 fully saturated rings. The molecule has 0 atom stereocenters. The van der Waals surface area contributed by atoms with Crippen molar-refractivity contribution in [2.45, 2.75) is 19.9 Å². The van der Waals surface area contributed by atoms with Crippen molar-refractivity contribution in [2.24, 2.45) is 0 Å². The lowest BCUT2D eigenvalue weighted by molar-refractivity contribution is 0.681. The summed E-state index contributed by atoms with van der Waals surface area (Å²) in [6.45, 7) is 3.01.